The fourth-order valence-electron chi connectivity index (χ4n) is 1.20. The van der Waals surface area contributed by atoms with E-state index < -0.39 is 11.6 Å². The molecule has 1 aromatic rings. The van der Waals surface area contributed by atoms with Crippen LogP contribution in [-0.2, 0) is 6.42 Å². The van der Waals surface area contributed by atoms with Gasteiger partial charge in [-0.05, 0) is 13.0 Å². The van der Waals surface area contributed by atoms with Gasteiger partial charge in [0, 0.05) is 18.1 Å². The summed E-state index contributed by atoms with van der Waals surface area (Å²) >= 11 is 0. The molecule has 0 aliphatic heterocycles. The zero-order valence-electron chi connectivity index (χ0n) is 8.31. The van der Waals surface area contributed by atoms with Crippen LogP contribution in [0.25, 0.3) is 0 Å². The lowest BCUT2D eigenvalue weighted by Crippen LogP contribution is -2.14. The van der Waals surface area contributed by atoms with E-state index in [9.17, 15) is 8.78 Å². The minimum Gasteiger partial charge on any atom is -0.493 e. The SMILES string of the molecule is CCOc1cc(F)c(F)cc1CC(=N)N. The predicted molar refractivity (Wildman–Crippen MR) is 53.1 cm³/mol. The number of amidine groups is 1. The van der Waals surface area contributed by atoms with E-state index in [1.165, 1.54) is 0 Å². The highest BCUT2D eigenvalue weighted by Gasteiger charge is 2.11. The highest BCUT2D eigenvalue weighted by atomic mass is 19.2. The summed E-state index contributed by atoms with van der Waals surface area (Å²) < 4.78 is 30.9. The van der Waals surface area contributed by atoms with Gasteiger partial charge in [-0.1, -0.05) is 0 Å². The second-order valence-corrected chi connectivity index (χ2v) is 3.01. The van der Waals surface area contributed by atoms with E-state index in [-0.39, 0.29) is 18.0 Å². The highest BCUT2D eigenvalue weighted by molar-refractivity contribution is 5.80. The van der Waals surface area contributed by atoms with E-state index in [1.807, 2.05) is 0 Å². The predicted octanol–water partition coefficient (Wildman–Crippen LogP) is 1.84. The topological polar surface area (TPSA) is 59.1 Å². The van der Waals surface area contributed by atoms with Crippen molar-refractivity contribution in [1.82, 2.24) is 0 Å². The Balaban J connectivity index is 3.09. The van der Waals surface area contributed by atoms with Gasteiger partial charge >= 0.3 is 0 Å². The van der Waals surface area contributed by atoms with Gasteiger partial charge in [0.15, 0.2) is 11.6 Å². The highest BCUT2D eigenvalue weighted by Crippen LogP contribution is 2.22. The first-order valence-corrected chi connectivity index (χ1v) is 4.48. The molecule has 0 amide bonds. The molecule has 0 spiro atoms. The molecule has 0 aromatic heterocycles. The smallest absolute Gasteiger partial charge is 0.162 e. The second kappa shape index (κ2) is 4.72. The fraction of sp³-hybridized carbons (Fsp3) is 0.300. The summed E-state index contributed by atoms with van der Waals surface area (Å²) in [5.74, 6) is -1.82. The Morgan fingerprint density at radius 2 is 2.00 bits per heavy atom. The van der Waals surface area contributed by atoms with Crippen LogP contribution in [0.2, 0.25) is 0 Å². The molecule has 0 aliphatic rings. The number of nitrogens with one attached hydrogen (secondary N) is 1. The maximum atomic E-state index is 12.9. The lowest BCUT2D eigenvalue weighted by molar-refractivity contribution is 0.333. The fourth-order valence-corrected chi connectivity index (χ4v) is 1.20. The number of rotatable bonds is 4. The van der Waals surface area contributed by atoms with Crippen LogP contribution in [0, 0.1) is 17.0 Å². The van der Waals surface area contributed by atoms with E-state index in [2.05, 4.69) is 0 Å². The number of halogens is 2. The molecule has 3 nitrogen and oxygen atoms in total. The Morgan fingerprint density at radius 1 is 1.40 bits per heavy atom. The molecule has 82 valence electrons. The third-order valence-electron chi connectivity index (χ3n) is 1.78. The summed E-state index contributed by atoms with van der Waals surface area (Å²) in [4.78, 5) is 0. The maximum absolute atomic E-state index is 12.9. The summed E-state index contributed by atoms with van der Waals surface area (Å²) in [6.45, 7) is 2.08. The minimum atomic E-state index is -0.967. The molecule has 15 heavy (non-hydrogen) atoms. The van der Waals surface area contributed by atoms with E-state index in [4.69, 9.17) is 15.9 Å². The van der Waals surface area contributed by atoms with Crippen LogP contribution < -0.4 is 10.5 Å². The second-order valence-electron chi connectivity index (χ2n) is 3.01. The van der Waals surface area contributed by atoms with Crippen molar-refractivity contribution in [1.29, 1.82) is 5.41 Å². The summed E-state index contributed by atoms with van der Waals surface area (Å²) in [7, 11) is 0. The van der Waals surface area contributed by atoms with Gasteiger partial charge in [-0.25, -0.2) is 8.78 Å². The number of hydrogen-bond acceptors (Lipinski definition) is 2. The Hall–Kier alpha value is -1.65. The van der Waals surface area contributed by atoms with Gasteiger partial charge in [-0.3, -0.25) is 5.41 Å². The first kappa shape index (κ1) is 11.4. The summed E-state index contributed by atoms with van der Waals surface area (Å²) in [5.41, 5.74) is 5.57. The lowest BCUT2D eigenvalue weighted by atomic mass is 10.1. The number of hydrogen-bond donors (Lipinski definition) is 2. The van der Waals surface area contributed by atoms with Crippen molar-refractivity contribution in [3.8, 4) is 5.75 Å². The molecule has 5 heteroatoms. The Bertz CT molecular complexity index is 380. The van der Waals surface area contributed by atoms with Crippen molar-refractivity contribution < 1.29 is 13.5 Å². The zero-order chi connectivity index (χ0) is 11.4. The monoisotopic (exact) mass is 214 g/mol. The lowest BCUT2D eigenvalue weighted by Gasteiger charge is -2.10. The van der Waals surface area contributed by atoms with Crippen molar-refractivity contribution >= 4 is 5.84 Å². The summed E-state index contributed by atoms with van der Waals surface area (Å²) in [5, 5.41) is 7.09. The third-order valence-corrected chi connectivity index (χ3v) is 1.78. The number of ether oxygens (including phenoxy) is 1. The molecule has 0 atom stereocenters. The average Bonchev–Trinajstić information content (AvgIpc) is 2.13. The zero-order valence-corrected chi connectivity index (χ0v) is 8.31. The van der Waals surface area contributed by atoms with E-state index >= 15 is 0 Å². The van der Waals surface area contributed by atoms with Crippen molar-refractivity contribution in [2.45, 2.75) is 13.3 Å². The molecule has 0 saturated carbocycles. The van der Waals surface area contributed by atoms with Crippen molar-refractivity contribution in [2.75, 3.05) is 6.61 Å². The molecule has 1 rings (SSSR count). The summed E-state index contributed by atoms with van der Waals surface area (Å²) in [6, 6.07) is 1.97. The van der Waals surface area contributed by atoms with Gasteiger partial charge in [0.25, 0.3) is 0 Å². The van der Waals surface area contributed by atoms with E-state index in [1.54, 1.807) is 6.92 Å². The van der Waals surface area contributed by atoms with Gasteiger partial charge in [-0.15, -0.1) is 0 Å². The minimum absolute atomic E-state index is 0.0481. The Morgan fingerprint density at radius 3 is 2.53 bits per heavy atom. The van der Waals surface area contributed by atoms with Gasteiger partial charge in [0.05, 0.1) is 12.4 Å². The molecule has 3 N–H and O–H groups in total. The van der Waals surface area contributed by atoms with Crippen LogP contribution in [0.1, 0.15) is 12.5 Å². The van der Waals surface area contributed by atoms with Crippen molar-refractivity contribution in [3.05, 3.63) is 29.3 Å². The molecule has 0 saturated heterocycles. The molecular formula is C10H12F2N2O. The van der Waals surface area contributed by atoms with Gasteiger partial charge < -0.3 is 10.5 Å². The third kappa shape index (κ3) is 2.90. The molecule has 0 radical (unpaired) electrons. The first-order valence-electron chi connectivity index (χ1n) is 4.48. The van der Waals surface area contributed by atoms with Gasteiger partial charge in [-0.2, -0.15) is 0 Å². The molecule has 0 fully saturated rings. The standard InChI is InChI=1S/C10H12F2N2O/c1-2-15-9-5-8(12)7(11)3-6(9)4-10(13)14/h3,5H,2,4H2,1H3,(H3,13,14). The molecule has 0 heterocycles. The van der Waals surface area contributed by atoms with Crippen molar-refractivity contribution in [2.24, 2.45) is 5.73 Å². The van der Waals surface area contributed by atoms with E-state index in [0.29, 0.717) is 12.2 Å². The number of nitrogens with two attached hydrogens (primary N) is 1. The largest absolute Gasteiger partial charge is 0.493 e. The van der Waals surface area contributed by atoms with Crippen LogP contribution in [0.5, 0.6) is 5.75 Å². The Labute approximate surface area is 86.4 Å². The molecule has 0 unspecified atom stereocenters. The van der Waals surface area contributed by atoms with Crippen molar-refractivity contribution in [3.63, 3.8) is 0 Å². The number of benzene rings is 1. The van der Waals surface area contributed by atoms with Gasteiger partial charge in [0.1, 0.15) is 5.75 Å². The maximum Gasteiger partial charge on any atom is 0.162 e. The normalized spacial score (nSPS) is 10.1. The van der Waals surface area contributed by atoms with Crippen LogP contribution in [0.15, 0.2) is 12.1 Å². The average molecular weight is 214 g/mol. The Kier molecular flexibility index (Phi) is 3.60. The molecule has 0 aliphatic carbocycles. The van der Waals surface area contributed by atoms with E-state index in [0.717, 1.165) is 12.1 Å². The molecular weight excluding hydrogens is 202 g/mol. The van der Waals surface area contributed by atoms with Gasteiger partial charge in [0.2, 0.25) is 0 Å². The van der Waals surface area contributed by atoms with Crippen LogP contribution >= 0.6 is 0 Å². The first-order chi connectivity index (χ1) is 7.04. The molecule has 0 bridgehead atoms. The summed E-state index contributed by atoms with van der Waals surface area (Å²) in [6.07, 6.45) is 0.0481. The molecule has 1 aromatic carbocycles. The van der Waals surface area contributed by atoms with Crippen LogP contribution in [0.3, 0.4) is 0 Å². The van der Waals surface area contributed by atoms with Crippen LogP contribution in [-0.4, -0.2) is 12.4 Å². The quantitative estimate of drug-likeness (QED) is 0.593. The van der Waals surface area contributed by atoms with Crippen LogP contribution in [0.4, 0.5) is 8.78 Å².